The van der Waals surface area contributed by atoms with Crippen molar-refractivity contribution in [2.24, 2.45) is 5.92 Å². The summed E-state index contributed by atoms with van der Waals surface area (Å²) in [5, 5.41) is 26.2. The van der Waals surface area contributed by atoms with E-state index in [9.17, 15) is 28.4 Å². The summed E-state index contributed by atoms with van der Waals surface area (Å²) in [6.45, 7) is 5.49. The Kier molecular flexibility index (Phi) is 13.2. The minimum Gasteiger partial charge on any atom is -0.481 e. The van der Waals surface area contributed by atoms with Gasteiger partial charge in [0.25, 0.3) is 15.7 Å². The molecule has 2 fully saturated rings. The molecule has 0 bridgehead atoms. The van der Waals surface area contributed by atoms with Gasteiger partial charge in [0, 0.05) is 91.2 Å². The van der Waals surface area contributed by atoms with E-state index in [0.717, 1.165) is 60.5 Å². The lowest BCUT2D eigenvalue weighted by Crippen LogP contribution is -2.51. The third-order valence-corrected chi connectivity index (χ3v) is 14.0. The lowest BCUT2D eigenvalue weighted by atomic mass is 9.99. The number of likely N-dealkylation sites (tertiary alicyclic amines) is 1. The second-order valence-electron chi connectivity index (χ2n) is 15.4. The fourth-order valence-corrected chi connectivity index (χ4v) is 10.1. The third kappa shape index (κ3) is 10.3. The monoisotopic (exact) mass is 892 g/mol. The number of nitrogens with one attached hydrogen (secondary N) is 2. The van der Waals surface area contributed by atoms with Crippen molar-refractivity contribution in [2.75, 3.05) is 66.5 Å². The zero-order valence-corrected chi connectivity index (χ0v) is 36.0. The van der Waals surface area contributed by atoms with E-state index in [1.165, 1.54) is 24.0 Å². The average Bonchev–Trinajstić information content (AvgIpc) is 3.25. The first-order chi connectivity index (χ1) is 30.0. The van der Waals surface area contributed by atoms with E-state index in [2.05, 4.69) is 48.0 Å². The summed E-state index contributed by atoms with van der Waals surface area (Å²) in [6.07, 6.45) is 1.88. The summed E-state index contributed by atoms with van der Waals surface area (Å²) in [4.78, 5) is 39.3. The van der Waals surface area contributed by atoms with Gasteiger partial charge in [0.1, 0.15) is 12.0 Å². The molecule has 2 aliphatic heterocycles. The average molecular weight is 893 g/mol. The maximum absolute atomic E-state index is 13.8. The minimum absolute atomic E-state index is 0.0566. The molecule has 2 aliphatic rings. The molecule has 62 heavy (non-hydrogen) atoms. The summed E-state index contributed by atoms with van der Waals surface area (Å²) in [5.41, 5.74) is 4.78. The Labute approximate surface area is 369 Å². The molecule has 1 atom stereocenters. The molecule has 0 saturated carbocycles. The van der Waals surface area contributed by atoms with Gasteiger partial charge in [0.15, 0.2) is 5.82 Å². The summed E-state index contributed by atoms with van der Waals surface area (Å²) >= 11 is 8.02. The number of nitrogens with zero attached hydrogens (tertiary/aromatic N) is 6. The number of nitro benzene ring substituents is 1. The Balaban J connectivity index is 0.934. The Morgan fingerprint density at radius 3 is 2.37 bits per heavy atom. The van der Waals surface area contributed by atoms with Crippen LogP contribution in [0.2, 0.25) is 5.02 Å². The number of hydrogen-bond donors (Lipinski definition) is 3. The van der Waals surface area contributed by atoms with E-state index in [4.69, 9.17) is 11.6 Å². The Bertz CT molecular complexity index is 2670. The van der Waals surface area contributed by atoms with Crippen molar-refractivity contribution in [3.63, 3.8) is 0 Å². The fraction of sp³-hybridized carbons (Fsp3) is 0.267. The van der Waals surface area contributed by atoms with Gasteiger partial charge in [0.2, 0.25) is 0 Å². The summed E-state index contributed by atoms with van der Waals surface area (Å²) in [5.74, 6) is -0.586. The van der Waals surface area contributed by atoms with Crippen LogP contribution in [0, 0.1) is 16.0 Å². The molecule has 0 amide bonds. The highest BCUT2D eigenvalue weighted by Crippen LogP contribution is 2.33. The highest BCUT2D eigenvalue weighted by Gasteiger charge is 2.33. The molecule has 0 spiro atoms. The van der Waals surface area contributed by atoms with Gasteiger partial charge in [-0.3, -0.25) is 24.5 Å². The van der Waals surface area contributed by atoms with Gasteiger partial charge in [-0.2, -0.15) is 0 Å². The molecule has 17 heteroatoms. The number of hydrogen-bond acceptors (Lipinski definition) is 12. The number of halogens is 1. The predicted octanol–water partition coefficient (Wildman–Crippen LogP) is 7.96. The van der Waals surface area contributed by atoms with Crippen LogP contribution in [0.4, 0.5) is 22.9 Å². The zero-order valence-electron chi connectivity index (χ0n) is 33.6. The first-order valence-electron chi connectivity index (χ1n) is 20.3. The molecule has 14 nitrogen and oxygen atoms in total. The molecule has 1 aromatic heterocycles. The van der Waals surface area contributed by atoms with Crippen molar-refractivity contribution in [3.8, 4) is 11.1 Å². The van der Waals surface area contributed by atoms with E-state index in [1.807, 2.05) is 77.7 Å². The van der Waals surface area contributed by atoms with Crippen LogP contribution < -0.4 is 14.9 Å². The van der Waals surface area contributed by atoms with Crippen LogP contribution in [-0.4, -0.2) is 102 Å². The number of sulfonamides is 1. The van der Waals surface area contributed by atoms with Gasteiger partial charge in [-0.25, -0.2) is 18.4 Å². The Morgan fingerprint density at radius 2 is 1.65 bits per heavy atom. The Morgan fingerprint density at radius 1 is 0.903 bits per heavy atom. The highest BCUT2D eigenvalue weighted by molar-refractivity contribution is 7.99. The number of aromatic nitrogens is 2. The third-order valence-electron chi connectivity index (χ3n) is 11.3. The summed E-state index contributed by atoms with van der Waals surface area (Å²) in [7, 11) is -4.32. The number of benzene rings is 5. The van der Waals surface area contributed by atoms with Crippen molar-refractivity contribution in [1.29, 1.82) is 0 Å². The SMILES string of the molecule is O=C(O)C1CN(CCC(CSc2ccccc2)Nc2ccc(S(=O)(=O)Nc3ncnc4cc(N5CCN(Cc6cc(Cl)ccc6-c6ccccc6)CC5)ccc34)cc2[N+](=O)[O-])C1. The topological polar surface area (TPSA) is 174 Å². The van der Waals surface area contributed by atoms with E-state index in [1.54, 1.807) is 17.8 Å². The summed E-state index contributed by atoms with van der Waals surface area (Å²) in [6, 6.07) is 35.3. The second-order valence-corrected chi connectivity index (χ2v) is 18.7. The number of thioether (sulfide) groups is 1. The molecule has 0 aliphatic carbocycles. The molecule has 3 heterocycles. The number of anilines is 3. The van der Waals surface area contributed by atoms with Crippen LogP contribution in [0.25, 0.3) is 22.0 Å². The smallest absolute Gasteiger partial charge is 0.309 e. The molecule has 2 saturated heterocycles. The van der Waals surface area contributed by atoms with E-state index in [0.29, 0.717) is 47.7 Å². The molecule has 1 unspecified atom stereocenters. The summed E-state index contributed by atoms with van der Waals surface area (Å²) < 4.78 is 30.2. The van der Waals surface area contributed by atoms with Gasteiger partial charge in [-0.05, 0) is 77.7 Å². The van der Waals surface area contributed by atoms with Crippen molar-refractivity contribution < 1.29 is 23.2 Å². The normalized spacial score (nSPS) is 15.5. The van der Waals surface area contributed by atoms with E-state index < -0.39 is 26.8 Å². The van der Waals surface area contributed by atoms with Gasteiger partial charge in [-0.1, -0.05) is 66.2 Å². The lowest BCUT2D eigenvalue weighted by molar-refractivity contribution is -0.384. The second kappa shape index (κ2) is 19.1. The lowest BCUT2D eigenvalue weighted by Gasteiger charge is -2.37. The van der Waals surface area contributed by atoms with E-state index >= 15 is 0 Å². The standard InChI is InChI=1S/C45H45ClN8O6S2/c46-34-11-14-39(31-7-3-1-4-8-31)32(23-34)26-51-19-21-53(22-20-51)36-12-15-40-42(24-36)47-30-48-44(40)50-62(59,60)38-13-16-41(43(25-38)54(57)58)49-35(29-61-37-9-5-2-6-10-37)17-18-52-27-33(28-52)45(55)56/h1-16,23-25,30,33,35,49H,17-22,26-29H2,(H,55,56)(H,47,48,50). The van der Waals surface area contributed by atoms with Crippen LogP contribution in [-0.2, 0) is 21.4 Å². The molecule has 3 N–H and O–H groups in total. The van der Waals surface area contributed by atoms with Gasteiger partial charge in [-0.15, -0.1) is 11.8 Å². The number of rotatable bonds is 17. The number of aliphatic carboxylic acids is 1. The molecule has 320 valence electrons. The van der Waals surface area contributed by atoms with Crippen LogP contribution in [0.1, 0.15) is 12.0 Å². The number of fused-ring (bicyclic) bond motifs is 1. The zero-order chi connectivity index (χ0) is 43.2. The molecular formula is C45H45ClN8O6S2. The van der Waals surface area contributed by atoms with Gasteiger partial charge >= 0.3 is 5.97 Å². The number of nitro groups is 1. The van der Waals surface area contributed by atoms with Gasteiger partial charge in [0.05, 0.1) is 21.3 Å². The first kappa shape index (κ1) is 42.9. The highest BCUT2D eigenvalue weighted by atomic mass is 35.5. The maximum Gasteiger partial charge on any atom is 0.309 e. The first-order valence-corrected chi connectivity index (χ1v) is 23.1. The van der Waals surface area contributed by atoms with Crippen molar-refractivity contribution >= 4 is 73.1 Å². The Hall–Kier alpha value is -5.78. The van der Waals surface area contributed by atoms with Crippen LogP contribution in [0.3, 0.4) is 0 Å². The molecule has 0 radical (unpaired) electrons. The predicted molar refractivity (Wildman–Crippen MR) is 245 cm³/mol. The van der Waals surface area contributed by atoms with Crippen molar-refractivity contribution in [1.82, 2.24) is 19.8 Å². The number of carbonyl (C=O) groups is 1. The molecular weight excluding hydrogens is 848 g/mol. The van der Waals surface area contributed by atoms with Crippen molar-refractivity contribution in [2.45, 2.75) is 28.8 Å². The maximum atomic E-state index is 13.8. The molecule has 6 aromatic rings. The quantitative estimate of drug-likeness (QED) is 0.0458. The van der Waals surface area contributed by atoms with Crippen LogP contribution in [0.15, 0.2) is 131 Å². The number of carboxylic acid groups (broad SMARTS) is 1. The number of piperazine rings is 1. The molecule has 8 rings (SSSR count). The van der Waals surface area contributed by atoms with Gasteiger partial charge < -0.3 is 20.2 Å². The molecule has 5 aromatic carbocycles. The van der Waals surface area contributed by atoms with Crippen LogP contribution >= 0.6 is 23.4 Å². The fourth-order valence-electron chi connectivity index (χ4n) is 7.84. The van der Waals surface area contributed by atoms with Crippen molar-refractivity contribution in [3.05, 3.63) is 142 Å². The van der Waals surface area contributed by atoms with Crippen LogP contribution in [0.5, 0.6) is 0 Å². The largest absolute Gasteiger partial charge is 0.481 e. The van der Waals surface area contributed by atoms with E-state index in [-0.39, 0.29) is 28.1 Å². The number of carboxylic acids is 1. The minimum atomic E-state index is -4.32.